The van der Waals surface area contributed by atoms with Crippen LogP contribution in [0.15, 0.2) is 88.9 Å². The first kappa shape index (κ1) is 21.5. The quantitative estimate of drug-likeness (QED) is 0.221. The van der Waals surface area contributed by atoms with Crippen LogP contribution in [0.5, 0.6) is 5.75 Å². The van der Waals surface area contributed by atoms with Gasteiger partial charge in [-0.1, -0.05) is 59.8 Å². The Morgan fingerprint density at radius 2 is 1.61 bits per heavy atom. The summed E-state index contributed by atoms with van der Waals surface area (Å²) in [6, 6.07) is 27.0. The molecule has 1 heterocycles. The highest BCUT2D eigenvalue weighted by atomic mass is 32.2. The Balaban J connectivity index is 1.44. The normalized spacial score (nSPS) is 10.9. The SMILES string of the molecule is Cc1ccc(SCc2nnc(SCCOc3cccc(C)c3)n2-c2ccccc2)cc1. The van der Waals surface area contributed by atoms with Crippen molar-refractivity contribution in [3.8, 4) is 11.4 Å². The molecule has 31 heavy (non-hydrogen) atoms. The Kier molecular flexibility index (Phi) is 7.33. The lowest BCUT2D eigenvalue weighted by molar-refractivity contribution is 0.343. The molecule has 0 amide bonds. The van der Waals surface area contributed by atoms with E-state index in [9.17, 15) is 0 Å². The number of hydrogen-bond donors (Lipinski definition) is 0. The summed E-state index contributed by atoms with van der Waals surface area (Å²) in [5, 5.41) is 9.88. The zero-order valence-electron chi connectivity index (χ0n) is 17.7. The molecule has 0 atom stereocenters. The van der Waals surface area contributed by atoms with Crippen LogP contribution in [0.1, 0.15) is 17.0 Å². The van der Waals surface area contributed by atoms with E-state index in [-0.39, 0.29) is 0 Å². The first-order chi connectivity index (χ1) is 15.2. The first-order valence-corrected chi connectivity index (χ1v) is 12.2. The summed E-state index contributed by atoms with van der Waals surface area (Å²) in [5.74, 6) is 3.40. The Hall–Kier alpha value is -2.70. The third-order valence-electron chi connectivity index (χ3n) is 4.68. The second-order valence-corrected chi connectivity index (χ2v) is 9.30. The lowest BCUT2D eigenvalue weighted by Gasteiger charge is -2.11. The lowest BCUT2D eigenvalue weighted by Crippen LogP contribution is -2.04. The second-order valence-electron chi connectivity index (χ2n) is 7.18. The molecule has 0 saturated carbocycles. The number of benzene rings is 3. The third kappa shape index (κ3) is 5.93. The van der Waals surface area contributed by atoms with Crippen molar-refractivity contribution in [3.63, 3.8) is 0 Å². The summed E-state index contributed by atoms with van der Waals surface area (Å²) in [6.07, 6.45) is 0. The van der Waals surface area contributed by atoms with Crippen molar-refractivity contribution >= 4 is 23.5 Å². The predicted molar refractivity (Wildman–Crippen MR) is 129 cm³/mol. The number of hydrogen-bond acceptors (Lipinski definition) is 5. The highest BCUT2D eigenvalue weighted by Gasteiger charge is 2.15. The fraction of sp³-hybridized carbons (Fsp3) is 0.200. The Morgan fingerprint density at radius 3 is 2.39 bits per heavy atom. The van der Waals surface area contributed by atoms with Gasteiger partial charge in [0.2, 0.25) is 0 Å². The smallest absolute Gasteiger partial charge is 0.195 e. The fourth-order valence-corrected chi connectivity index (χ4v) is 4.70. The van der Waals surface area contributed by atoms with Crippen molar-refractivity contribution in [2.75, 3.05) is 12.4 Å². The minimum Gasteiger partial charge on any atom is -0.493 e. The minimum atomic E-state index is 0.614. The molecule has 0 aliphatic heterocycles. The van der Waals surface area contributed by atoms with Gasteiger partial charge >= 0.3 is 0 Å². The molecule has 0 aliphatic carbocycles. The van der Waals surface area contributed by atoms with E-state index in [0.717, 1.165) is 33.9 Å². The minimum absolute atomic E-state index is 0.614. The van der Waals surface area contributed by atoms with Gasteiger partial charge in [-0.05, 0) is 55.8 Å². The summed E-state index contributed by atoms with van der Waals surface area (Å²) in [7, 11) is 0. The molecule has 1 aromatic heterocycles. The molecule has 4 rings (SSSR count). The van der Waals surface area contributed by atoms with Crippen LogP contribution >= 0.6 is 23.5 Å². The first-order valence-electron chi connectivity index (χ1n) is 10.2. The van der Waals surface area contributed by atoms with Gasteiger partial charge in [0.1, 0.15) is 11.6 Å². The number of aryl methyl sites for hydroxylation is 2. The monoisotopic (exact) mass is 447 g/mol. The molecule has 158 valence electrons. The number of ether oxygens (including phenoxy) is 1. The number of para-hydroxylation sites is 1. The summed E-state index contributed by atoms with van der Waals surface area (Å²) in [6.45, 7) is 4.79. The maximum atomic E-state index is 5.89. The van der Waals surface area contributed by atoms with Gasteiger partial charge in [-0.25, -0.2) is 0 Å². The van der Waals surface area contributed by atoms with E-state index in [1.54, 1.807) is 23.5 Å². The van der Waals surface area contributed by atoms with Crippen molar-refractivity contribution in [1.82, 2.24) is 14.8 Å². The molecule has 0 saturated heterocycles. The van der Waals surface area contributed by atoms with Gasteiger partial charge in [-0.15, -0.1) is 22.0 Å². The molecule has 0 bridgehead atoms. The van der Waals surface area contributed by atoms with Crippen LogP contribution in [0.2, 0.25) is 0 Å². The van der Waals surface area contributed by atoms with Crippen LogP contribution in [0, 0.1) is 13.8 Å². The number of thioether (sulfide) groups is 2. The Bertz CT molecular complexity index is 1110. The molecular formula is C25H25N3OS2. The molecule has 0 radical (unpaired) electrons. The topological polar surface area (TPSA) is 39.9 Å². The van der Waals surface area contributed by atoms with Gasteiger partial charge in [0.15, 0.2) is 5.16 Å². The van der Waals surface area contributed by atoms with Crippen LogP contribution in [-0.4, -0.2) is 27.1 Å². The van der Waals surface area contributed by atoms with Crippen molar-refractivity contribution in [1.29, 1.82) is 0 Å². The molecule has 0 spiro atoms. The largest absolute Gasteiger partial charge is 0.493 e. The van der Waals surface area contributed by atoms with Crippen molar-refractivity contribution < 1.29 is 4.74 Å². The van der Waals surface area contributed by atoms with E-state index in [1.807, 2.05) is 30.3 Å². The number of aromatic nitrogens is 3. The molecule has 0 unspecified atom stereocenters. The average Bonchev–Trinajstić information content (AvgIpc) is 3.20. The van der Waals surface area contributed by atoms with Crippen molar-refractivity contribution in [3.05, 3.63) is 95.8 Å². The molecule has 4 aromatic rings. The maximum absolute atomic E-state index is 5.89. The Morgan fingerprint density at radius 1 is 0.806 bits per heavy atom. The van der Waals surface area contributed by atoms with Crippen LogP contribution in [0.4, 0.5) is 0 Å². The molecule has 6 heteroatoms. The number of rotatable bonds is 9. The predicted octanol–water partition coefficient (Wildman–Crippen LogP) is 6.35. The zero-order valence-corrected chi connectivity index (χ0v) is 19.3. The van der Waals surface area contributed by atoms with Gasteiger partial charge < -0.3 is 4.74 Å². The summed E-state index contributed by atoms with van der Waals surface area (Å²) >= 11 is 3.44. The van der Waals surface area contributed by atoms with Crippen LogP contribution in [0.3, 0.4) is 0 Å². The van der Waals surface area contributed by atoms with E-state index < -0.39 is 0 Å². The summed E-state index contributed by atoms with van der Waals surface area (Å²) in [5.41, 5.74) is 3.54. The maximum Gasteiger partial charge on any atom is 0.195 e. The average molecular weight is 448 g/mol. The molecule has 0 N–H and O–H groups in total. The van der Waals surface area contributed by atoms with Crippen LogP contribution in [0.25, 0.3) is 5.69 Å². The third-order valence-corrected chi connectivity index (χ3v) is 6.58. The second kappa shape index (κ2) is 10.6. The van der Waals surface area contributed by atoms with E-state index in [0.29, 0.717) is 6.61 Å². The van der Waals surface area contributed by atoms with Gasteiger partial charge in [0, 0.05) is 16.3 Å². The standard InChI is InChI=1S/C25H25N3OS2/c1-19-11-13-23(14-12-19)31-18-24-26-27-25(28(24)21-8-4-3-5-9-21)30-16-15-29-22-10-6-7-20(2)17-22/h3-14,17H,15-16,18H2,1-2H3. The Labute approximate surface area is 192 Å². The van der Waals surface area contributed by atoms with Crippen molar-refractivity contribution in [2.45, 2.75) is 29.7 Å². The van der Waals surface area contributed by atoms with Gasteiger partial charge in [0.25, 0.3) is 0 Å². The van der Waals surface area contributed by atoms with Crippen LogP contribution < -0.4 is 4.74 Å². The van der Waals surface area contributed by atoms with Gasteiger partial charge in [-0.3, -0.25) is 4.57 Å². The summed E-state index contributed by atoms with van der Waals surface area (Å²) < 4.78 is 8.04. The van der Waals surface area contributed by atoms with E-state index in [2.05, 4.69) is 77.1 Å². The lowest BCUT2D eigenvalue weighted by atomic mass is 10.2. The fourth-order valence-electron chi connectivity index (χ4n) is 3.10. The van der Waals surface area contributed by atoms with Crippen molar-refractivity contribution in [2.24, 2.45) is 0 Å². The van der Waals surface area contributed by atoms with E-state index >= 15 is 0 Å². The highest BCUT2D eigenvalue weighted by molar-refractivity contribution is 7.99. The highest BCUT2D eigenvalue weighted by Crippen LogP contribution is 2.27. The van der Waals surface area contributed by atoms with Gasteiger partial charge in [0.05, 0.1) is 12.4 Å². The van der Waals surface area contributed by atoms with E-state index in [4.69, 9.17) is 4.74 Å². The molecular weight excluding hydrogens is 422 g/mol. The number of nitrogens with zero attached hydrogens (tertiary/aromatic N) is 3. The van der Waals surface area contributed by atoms with E-state index in [1.165, 1.54) is 16.0 Å². The van der Waals surface area contributed by atoms with Gasteiger partial charge in [-0.2, -0.15) is 0 Å². The zero-order chi connectivity index (χ0) is 21.5. The molecule has 0 aliphatic rings. The molecule has 4 nitrogen and oxygen atoms in total. The molecule has 0 fully saturated rings. The molecule has 3 aromatic carbocycles. The summed E-state index contributed by atoms with van der Waals surface area (Å²) in [4.78, 5) is 1.23. The van der Waals surface area contributed by atoms with Crippen LogP contribution in [-0.2, 0) is 5.75 Å².